The fourth-order valence-electron chi connectivity index (χ4n) is 2.08. The number of aliphatic carboxylic acids is 1. The van der Waals surface area contributed by atoms with Gasteiger partial charge in [-0.1, -0.05) is 12.1 Å². The van der Waals surface area contributed by atoms with E-state index in [1.165, 1.54) is 0 Å². The lowest BCUT2D eigenvalue weighted by Crippen LogP contribution is -2.15. The van der Waals surface area contributed by atoms with E-state index < -0.39 is 12.0 Å². The first kappa shape index (κ1) is 13.3. The van der Waals surface area contributed by atoms with E-state index in [-0.39, 0.29) is 6.42 Å². The van der Waals surface area contributed by atoms with Crippen LogP contribution in [0.4, 0.5) is 0 Å². The second-order valence-corrected chi connectivity index (χ2v) is 4.64. The van der Waals surface area contributed by atoms with Gasteiger partial charge in [0.1, 0.15) is 0 Å². The van der Waals surface area contributed by atoms with Crippen LogP contribution in [0.5, 0.6) is 0 Å². The molecule has 0 saturated carbocycles. The number of carbonyl (C=O) groups is 1. The summed E-state index contributed by atoms with van der Waals surface area (Å²) < 4.78 is 1.83. The van der Waals surface area contributed by atoms with Crippen LogP contribution < -0.4 is 5.73 Å². The molecule has 2 aromatic rings. The molecular formula is C14H17N3O2. The van der Waals surface area contributed by atoms with E-state index in [1.54, 1.807) is 0 Å². The van der Waals surface area contributed by atoms with Crippen molar-refractivity contribution in [1.82, 2.24) is 9.78 Å². The number of aryl methyl sites for hydroxylation is 2. The zero-order chi connectivity index (χ0) is 14.0. The molecule has 5 nitrogen and oxygen atoms in total. The minimum atomic E-state index is -0.899. The number of carboxylic acid groups (broad SMARTS) is 1. The highest BCUT2D eigenvalue weighted by molar-refractivity contribution is 5.68. The Balaban J connectivity index is 2.34. The van der Waals surface area contributed by atoms with Crippen LogP contribution in [0.15, 0.2) is 30.3 Å². The number of aromatic nitrogens is 2. The van der Waals surface area contributed by atoms with Crippen LogP contribution in [-0.4, -0.2) is 20.9 Å². The summed E-state index contributed by atoms with van der Waals surface area (Å²) in [4.78, 5) is 10.7. The predicted molar refractivity (Wildman–Crippen MR) is 72.2 cm³/mol. The maximum absolute atomic E-state index is 10.7. The van der Waals surface area contributed by atoms with Crippen LogP contribution in [0.25, 0.3) is 5.69 Å². The molecule has 0 spiro atoms. The number of hydrogen-bond acceptors (Lipinski definition) is 3. The molecule has 0 saturated heterocycles. The van der Waals surface area contributed by atoms with E-state index in [2.05, 4.69) is 5.10 Å². The van der Waals surface area contributed by atoms with Gasteiger partial charge in [-0.2, -0.15) is 5.10 Å². The average Bonchev–Trinajstić information content (AvgIpc) is 2.68. The summed E-state index contributed by atoms with van der Waals surface area (Å²) >= 11 is 0. The van der Waals surface area contributed by atoms with Gasteiger partial charge in [-0.15, -0.1) is 0 Å². The van der Waals surface area contributed by atoms with Crippen molar-refractivity contribution in [1.29, 1.82) is 0 Å². The largest absolute Gasteiger partial charge is 0.481 e. The third kappa shape index (κ3) is 3.00. The van der Waals surface area contributed by atoms with Crippen molar-refractivity contribution < 1.29 is 9.90 Å². The molecule has 1 unspecified atom stereocenters. The maximum atomic E-state index is 10.7. The molecule has 1 atom stereocenters. The molecule has 2 rings (SSSR count). The summed E-state index contributed by atoms with van der Waals surface area (Å²) in [6, 6.07) is 8.99. The van der Waals surface area contributed by atoms with Gasteiger partial charge in [-0.25, -0.2) is 4.68 Å². The molecule has 1 aromatic heterocycles. The van der Waals surface area contributed by atoms with Gasteiger partial charge in [0, 0.05) is 11.7 Å². The molecule has 1 aromatic carbocycles. The van der Waals surface area contributed by atoms with Crippen LogP contribution in [0.1, 0.15) is 29.4 Å². The summed E-state index contributed by atoms with van der Waals surface area (Å²) in [5, 5.41) is 13.2. The van der Waals surface area contributed by atoms with Crippen LogP contribution in [0.3, 0.4) is 0 Å². The first-order valence-corrected chi connectivity index (χ1v) is 6.08. The Labute approximate surface area is 111 Å². The van der Waals surface area contributed by atoms with E-state index in [1.807, 2.05) is 48.9 Å². The smallest absolute Gasteiger partial charge is 0.305 e. The van der Waals surface area contributed by atoms with Gasteiger partial charge in [0.05, 0.1) is 17.8 Å². The Morgan fingerprint density at radius 3 is 2.74 bits per heavy atom. The Hall–Kier alpha value is -2.14. The number of benzene rings is 1. The SMILES string of the molecule is Cc1cc(C)n(-c2cccc(C(N)CC(=O)O)c2)n1. The first-order chi connectivity index (χ1) is 8.97. The van der Waals surface area contributed by atoms with Crippen molar-refractivity contribution in [3.05, 3.63) is 47.3 Å². The van der Waals surface area contributed by atoms with Gasteiger partial charge in [0.15, 0.2) is 0 Å². The van der Waals surface area contributed by atoms with Gasteiger partial charge < -0.3 is 10.8 Å². The van der Waals surface area contributed by atoms with E-state index in [0.29, 0.717) is 0 Å². The lowest BCUT2D eigenvalue weighted by Gasteiger charge is -2.12. The Morgan fingerprint density at radius 1 is 1.42 bits per heavy atom. The molecule has 19 heavy (non-hydrogen) atoms. The van der Waals surface area contributed by atoms with Gasteiger partial charge >= 0.3 is 5.97 Å². The lowest BCUT2D eigenvalue weighted by molar-refractivity contribution is -0.137. The Kier molecular flexibility index (Phi) is 3.66. The average molecular weight is 259 g/mol. The first-order valence-electron chi connectivity index (χ1n) is 6.08. The van der Waals surface area contributed by atoms with Crippen molar-refractivity contribution >= 4 is 5.97 Å². The molecule has 5 heteroatoms. The van der Waals surface area contributed by atoms with Gasteiger partial charge in [-0.3, -0.25) is 4.79 Å². The quantitative estimate of drug-likeness (QED) is 0.879. The summed E-state index contributed by atoms with van der Waals surface area (Å²) in [6.07, 6.45) is -0.0828. The van der Waals surface area contributed by atoms with Crippen LogP contribution >= 0.6 is 0 Å². The molecular weight excluding hydrogens is 242 g/mol. The van der Waals surface area contributed by atoms with E-state index in [9.17, 15) is 4.79 Å². The standard InChI is InChI=1S/C14H17N3O2/c1-9-6-10(2)17(16-9)12-5-3-4-11(7-12)13(15)8-14(18)19/h3-7,13H,8,15H2,1-2H3,(H,18,19). The molecule has 0 radical (unpaired) electrons. The normalized spacial score (nSPS) is 12.4. The lowest BCUT2D eigenvalue weighted by atomic mass is 10.0. The fourth-order valence-corrected chi connectivity index (χ4v) is 2.08. The number of nitrogens with two attached hydrogens (primary N) is 1. The second-order valence-electron chi connectivity index (χ2n) is 4.64. The van der Waals surface area contributed by atoms with Crippen molar-refractivity contribution in [2.45, 2.75) is 26.3 Å². The van der Waals surface area contributed by atoms with Crippen molar-refractivity contribution in [2.24, 2.45) is 5.73 Å². The molecule has 3 N–H and O–H groups in total. The summed E-state index contributed by atoms with van der Waals surface area (Å²) in [5.41, 5.74) is 9.54. The Bertz CT molecular complexity index is 604. The highest BCUT2D eigenvalue weighted by Gasteiger charge is 2.12. The molecule has 100 valence electrons. The number of carboxylic acids is 1. The predicted octanol–water partition coefficient (Wildman–Crippen LogP) is 1.96. The zero-order valence-electron chi connectivity index (χ0n) is 11.0. The minimum Gasteiger partial charge on any atom is -0.481 e. The summed E-state index contributed by atoms with van der Waals surface area (Å²) in [7, 11) is 0. The highest BCUT2D eigenvalue weighted by Crippen LogP contribution is 2.19. The fraction of sp³-hybridized carbons (Fsp3) is 0.286. The monoisotopic (exact) mass is 259 g/mol. The van der Waals surface area contributed by atoms with Gasteiger partial charge in [-0.05, 0) is 37.6 Å². The van der Waals surface area contributed by atoms with Gasteiger partial charge in [0.25, 0.3) is 0 Å². The maximum Gasteiger partial charge on any atom is 0.305 e. The number of hydrogen-bond donors (Lipinski definition) is 2. The van der Waals surface area contributed by atoms with Crippen molar-refractivity contribution in [3.63, 3.8) is 0 Å². The molecule has 0 amide bonds. The van der Waals surface area contributed by atoms with E-state index in [0.717, 1.165) is 22.6 Å². The Morgan fingerprint density at radius 2 is 2.16 bits per heavy atom. The van der Waals surface area contributed by atoms with Crippen LogP contribution in [-0.2, 0) is 4.79 Å². The zero-order valence-corrected chi connectivity index (χ0v) is 11.0. The summed E-state index contributed by atoms with van der Waals surface area (Å²) in [6.45, 7) is 3.91. The third-order valence-corrected chi connectivity index (χ3v) is 2.95. The van der Waals surface area contributed by atoms with E-state index in [4.69, 9.17) is 10.8 Å². The molecule has 0 aliphatic rings. The van der Waals surface area contributed by atoms with Crippen LogP contribution in [0, 0.1) is 13.8 Å². The molecule has 0 aliphatic carbocycles. The van der Waals surface area contributed by atoms with E-state index >= 15 is 0 Å². The number of rotatable bonds is 4. The molecule has 0 fully saturated rings. The molecule has 1 heterocycles. The van der Waals surface area contributed by atoms with Crippen molar-refractivity contribution in [2.75, 3.05) is 0 Å². The van der Waals surface area contributed by atoms with Crippen LogP contribution in [0.2, 0.25) is 0 Å². The highest BCUT2D eigenvalue weighted by atomic mass is 16.4. The third-order valence-electron chi connectivity index (χ3n) is 2.95. The topological polar surface area (TPSA) is 81.1 Å². The van der Waals surface area contributed by atoms with Gasteiger partial charge in [0.2, 0.25) is 0 Å². The number of nitrogens with zero attached hydrogens (tertiary/aromatic N) is 2. The molecule has 0 aliphatic heterocycles. The van der Waals surface area contributed by atoms with Crippen molar-refractivity contribution in [3.8, 4) is 5.69 Å². The second kappa shape index (κ2) is 5.24. The summed E-state index contributed by atoms with van der Waals surface area (Å²) in [5.74, 6) is -0.899. The minimum absolute atomic E-state index is 0.0828. The molecule has 0 bridgehead atoms.